The van der Waals surface area contributed by atoms with E-state index in [2.05, 4.69) is 21.0 Å². The summed E-state index contributed by atoms with van der Waals surface area (Å²) in [5, 5.41) is 4.13. The van der Waals surface area contributed by atoms with Gasteiger partial charge in [0.2, 0.25) is 0 Å². The van der Waals surface area contributed by atoms with Gasteiger partial charge < -0.3 is 10.5 Å². The summed E-state index contributed by atoms with van der Waals surface area (Å²) in [5.41, 5.74) is 6.50. The molecule has 1 heterocycles. The summed E-state index contributed by atoms with van der Waals surface area (Å²) in [5.74, 6) is 0.639. The molecule has 0 aliphatic carbocycles. The van der Waals surface area contributed by atoms with E-state index in [1.807, 2.05) is 0 Å². The fraction of sp³-hybridized carbons (Fsp3) is 0.182. The molecule has 0 saturated carbocycles. The van der Waals surface area contributed by atoms with Crippen molar-refractivity contribution in [3.8, 4) is 17.0 Å². The molecule has 0 saturated heterocycles. The summed E-state index contributed by atoms with van der Waals surface area (Å²) < 4.78 is 20.9. The van der Waals surface area contributed by atoms with E-state index in [9.17, 15) is 4.39 Å². The standard InChI is InChI=1S/C11H11BrFN3O/c1-16-10(14)5-9(15-16)7-3-6(17-2)4-8(12)11(7)13/h3-5H,14H2,1-2H3. The number of nitrogen functional groups attached to an aromatic ring is 1. The maximum Gasteiger partial charge on any atom is 0.147 e. The van der Waals surface area contributed by atoms with Gasteiger partial charge in [-0.1, -0.05) is 0 Å². The van der Waals surface area contributed by atoms with Crippen LogP contribution in [0.3, 0.4) is 0 Å². The number of benzene rings is 1. The van der Waals surface area contributed by atoms with E-state index in [-0.39, 0.29) is 5.82 Å². The molecule has 0 aliphatic heterocycles. The largest absolute Gasteiger partial charge is 0.497 e. The molecule has 0 aliphatic rings. The smallest absolute Gasteiger partial charge is 0.147 e. The first kappa shape index (κ1) is 11.9. The molecular weight excluding hydrogens is 289 g/mol. The van der Waals surface area contributed by atoms with Gasteiger partial charge in [-0.15, -0.1) is 0 Å². The Kier molecular flexibility index (Phi) is 3.06. The minimum Gasteiger partial charge on any atom is -0.497 e. The highest BCUT2D eigenvalue weighted by Gasteiger charge is 2.14. The van der Waals surface area contributed by atoms with Gasteiger partial charge in [-0.3, -0.25) is 4.68 Å². The maximum absolute atomic E-state index is 14.0. The van der Waals surface area contributed by atoms with Crippen LogP contribution in [0.4, 0.5) is 10.2 Å². The summed E-state index contributed by atoms with van der Waals surface area (Å²) in [4.78, 5) is 0. The fourth-order valence-electron chi connectivity index (χ4n) is 1.48. The molecule has 6 heteroatoms. The number of rotatable bonds is 2. The molecule has 2 N–H and O–H groups in total. The van der Waals surface area contributed by atoms with Crippen LogP contribution in [0, 0.1) is 5.82 Å². The van der Waals surface area contributed by atoms with Crippen LogP contribution in [0.2, 0.25) is 0 Å². The summed E-state index contributed by atoms with van der Waals surface area (Å²) in [7, 11) is 3.22. The average Bonchev–Trinajstić information content (AvgIpc) is 2.62. The van der Waals surface area contributed by atoms with Crippen LogP contribution in [-0.2, 0) is 7.05 Å². The first-order valence-electron chi connectivity index (χ1n) is 4.86. The van der Waals surface area contributed by atoms with Crippen molar-refractivity contribution in [3.63, 3.8) is 0 Å². The van der Waals surface area contributed by atoms with E-state index in [1.165, 1.54) is 11.8 Å². The lowest BCUT2D eigenvalue weighted by Gasteiger charge is -2.06. The summed E-state index contributed by atoms with van der Waals surface area (Å²) in [6.45, 7) is 0. The summed E-state index contributed by atoms with van der Waals surface area (Å²) >= 11 is 3.14. The van der Waals surface area contributed by atoms with Crippen molar-refractivity contribution in [2.45, 2.75) is 0 Å². The molecule has 1 aromatic heterocycles. The van der Waals surface area contributed by atoms with Gasteiger partial charge in [-0.05, 0) is 28.1 Å². The van der Waals surface area contributed by atoms with Crippen molar-refractivity contribution in [2.75, 3.05) is 12.8 Å². The van der Waals surface area contributed by atoms with Crippen LogP contribution >= 0.6 is 15.9 Å². The minimum atomic E-state index is -0.385. The number of aromatic nitrogens is 2. The average molecular weight is 300 g/mol. The lowest BCUT2D eigenvalue weighted by Crippen LogP contribution is -1.97. The Bertz CT molecular complexity index is 549. The molecule has 0 amide bonds. The number of nitrogens with zero attached hydrogens (tertiary/aromatic N) is 2. The van der Waals surface area contributed by atoms with E-state index in [4.69, 9.17) is 10.5 Å². The molecule has 17 heavy (non-hydrogen) atoms. The highest BCUT2D eigenvalue weighted by atomic mass is 79.9. The maximum atomic E-state index is 14.0. The Morgan fingerprint density at radius 1 is 1.41 bits per heavy atom. The third kappa shape index (κ3) is 2.12. The quantitative estimate of drug-likeness (QED) is 0.927. The lowest BCUT2D eigenvalue weighted by atomic mass is 10.1. The van der Waals surface area contributed by atoms with Gasteiger partial charge >= 0.3 is 0 Å². The number of hydrogen-bond donors (Lipinski definition) is 1. The highest BCUT2D eigenvalue weighted by molar-refractivity contribution is 9.10. The predicted molar refractivity (Wildman–Crippen MR) is 67.3 cm³/mol. The molecule has 0 atom stereocenters. The first-order valence-corrected chi connectivity index (χ1v) is 5.65. The summed E-state index contributed by atoms with van der Waals surface area (Å²) in [6, 6.07) is 4.76. The number of nitrogens with two attached hydrogens (primary N) is 1. The van der Waals surface area contributed by atoms with E-state index < -0.39 is 0 Å². The van der Waals surface area contributed by atoms with Crippen molar-refractivity contribution in [1.82, 2.24) is 9.78 Å². The van der Waals surface area contributed by atoms with E-state index >= 15 is 0 Å². The third-order valence-electron chi connectivity index (χ3n) is 2.43. The molecule has 0 bridgehead atoms. The van der Waals surface area contributed by atoms with Crippen LogP contribution in [0.25, 0.3) is 11.3 Å². The second kappa shape index (κ2) is 4.37. The predicted octanol–water partition coefficient (Wildman–Crippen LogP) is 2.58. The molecule has 90 valence electrons. The number of hydrogen-bond acceptors (Lipinski definition) is 3. The zero-order valence-electron chi connectivity index (χ0n) is 9.37. The van der Waals surface area contributed by atoms with Gasteiger partial charge in [0.15, 0.2) is 0 Å². The van der Waals surface area contributed by atoms with Crippen LogP contribution in [0.5, 0.6) is 5.75 Å². The van der Waals surface area contributed by atoms with Crippen molar-refractivity contribution in [2.24, 2.45) is 7.05 Å². The summed E-state index contributed by atoms with van der Waals surface area (Å²) in [6.07, 6.45) is 0. The van der Waals surface area contributed by atoms with Crippen molar-refractivity contribution in [1.29, 1.82) is 0 Å². The Labute approximate surface area is 106 Å². The van der Waals surface area contributed by atoms with E-state index in [1.54, 1.807) is 25.2 Å². The molecule has 4 nitrogen and oxygen atoms in total. The van der Waals surface area contributed by atoms with Crippen LogP contribution in [0.1, 0.15) is 0 Å². The number of halogens is 2. The molecular formula is C11H11BrFN3O. The van der Waals surface area contributed by atoms with Gasteiger partial charge in [0.25, 0.3) is 0 Å². The number of anilines is 1. The van der Waals surface area contributed by atoms with Crippen LogP contribution < -0.4 is 10.5 Å². The Balaban J connectivity index is 2.61. The zero-order chi connectivity index (χ0) is 12.6. The lowest BCUT2D eigenvalue weighted by molar-refractivity contribution is 0.413. The van der Waals surface area contributed by atoms with E-state index in [0.717, 1.165) is 0 Å². The second-order valence-electron chi connectivity index (χ2n) is 3.55. The Morgan fingerprint density at radius 3 is 2.65 bits per heavy atom. The third-order valence-corrected chi connectivity index (χ3v) is 3.01. The van der Waals surface area contributed by atoms with Crippen LogP contribution in [0.15, 0.2) is 22.7 Å². The molecule has 0 unspecified atom stereocenters. The van der Waals surface area contributed by atoms with E-state index in [0.29, 0.717) is 27.3 Å². The van der Waals surface area contributed by atoms with Crippen molar-refractivity contribution < 1.29 is 9.13 Å². The second-order valence-corrected chi connectivity index (χ2v) is 4.40. The molecule has 2 aromatic rings. The first-order chi connectivity index (χ1) is 8.02. The molecule has 2 rings (SSSR count). The normalized spacial score (nSPS) is 10.6. The Hall–Kier alpha value is -1.56. The SMILES string of the molecule is COc1cc(Br)c(F)c(-c2cc(N)n(C)n2)c1. The highest BCUT2D eigenvalue weighted by Crippen LogP contribution is 2.32. The molecule has 0 spiro atoms. The molecule has 0 fully saturated rings. The van der Waals surface area contributed by atoms with Gasteiger partial charge in [0.05, 0.1) is 17.3 Å². The number of methoxy groups -OCH3 is 1. The van der Waals surface area contributed by atoms with Gasteiger partial charge in [-0.25, -0.2) is 4.39 Å². The Morgan fingerprint density at radius 2 is 2.12 bits per heavy atom. The zero-order valence-corrected chi connectivity index (χ0v) is 11.0. The number of aryl methyl sites for hydroxylation is 1. The van der Waals surface area contributed by atoms with Gasteiger partial charge in [0, 0.05) is 18.7 Å². The number of ether oxygens (including phenoxy) is 1. The van der Waals surface area contributed by atoms with Crippen molar-refractivity contribution in [3.05, 3.63) is 28.5 Å². The molecule has 0 radical (unpaired) electrons. The van der Waals surface area contributed by atoms with Gasteiger partial charge in [0.1, 0.15) is 17.4 Å². The topological polar surface area (TPSA) is 53.1 Å². The minimum absolute atomic E-state index is 0.330. The molecule has 1 aromatic carbocycles. The van der Waals surface area contributed by atoms with Crippen LogP contribution in [-0.4, -0.2) is 16.9 Å². The fourth-order valence-corrected chi connectivity index (χ4v) is 1.92. The van der Waals surface area contributed by atoms with Gasteiger partial charge in [-0.2, -0.15) is 5.10 Å². The monoisotopic (exact) mass is 299 g/mol. The van der Waals surface area contributed by atoms with Crippen molar-refractivity contribution >= 4 is 21.7 Å².